The lowest BCUT2D eigenvalue weighted by Crippen LogP contribution is -1.98. The minimum Gasteiger partial charge on any atom is -0.340 e. The Hall–Kier alpha value is -1.94. The van der Waals surface area contributed by atoms with Crippen LogP contribution in [0.25, 0.3) is 0 Å². The molecule has 16 heavy (non-hydrogen) atoms. The van der Waals surface area contributed by atoms with Gasteiger partial charge in [0.15, 0.2) is 0 Å². The SMILES string of the molecule is NCc1ccc(Nc2ccc(F)cc2)nc1. The van der Waals surface area contributed by atoms with E-state index in [1.165, 1.54) is 12.1 Å². The van der Waals surface area contributed by atoms with Crippen LogP contribution in [0.5, 0.6) is 0 Å². The van der Waals surface area contributed by atoms with E-state index in [-0.39, 0.29) is 5.82 Å². The molecule has 0 spiro atoms. The van der Waals surface area contributed by atoms with Crippen molar-refractivity contribution in [1.29, 1.82) is 0 Å². The Bertz CT molecular complexity index is 451. The molecule has 3 N–H and O–H groups in total. The number of anilines is 2. The van der Waals surface area contributed by atoms with Gasteiger partial charge in [0, 0.05) is 18.4 Å². The summed E-state index contributed by atoms with van der Waals surface area (Å²) in [5, 5.41) is 3.06. The van der Waals surface area contributed by atoms with Crippen LogP contribution in [0, 0.1) is 5.82 Å². The number of nitrogens with two attached hydrogens (primary N) is 1. The molecule has 1 aromatic heterocycles. The van der Waals surface area contributed by atoms with Crippen molar-refractivity contribution >= 4 is 11.5 Å². The van der Waals surface area contributed by atoms with Gasteiger partial charge in [0.1, 0.15) is 11.6 Å². The van der Waals surface area contributed by atoms with Crippen LogP contribution >= 0.6 is 0 Å². The fourth-order valence-electron chi connectivity index (χ4n) is 1.30. The molecule has 0 bridgehead atoms. The number of rotatable bonds is 3. The van der Waals surface area contributed by atoms with E-state index in [0.717, 1.165) is 11.3 Å². The van der Waals surface area contributed by atoms with Crippen molar-refractivity contribution in [3.05, 3.63) is 54.0 Å². The predicted molar refractivity (Wildman–Crippen MR) is 61.8 cm³/mol. The summed E-state index contributed by atoms with van der Waals surface area (Å²) in [5.41, 5.74) is 7.24. The molecule has 4 heteroatoms. The van der Waals surface area contributed by atoms with Crippen LogP contribution in [0.3, 0.4) is 0 Å². The van der Waals surface area contributed by atoms with Gasteiger partial charge >= 0.3 is 0 Å². The van der Waals surface area contributed by atoms with Crippen molar-refractivity contribution in [1.82, 2.24) is 4.98 Å². The summed E-state index contributed by atoms with van der Waals surface area (Å²) < 4.78 is 12.7. The summed E-state index contributed by atoms with van der Waals surface area (Å²) in [6, 6.07) is 9.86. The van der Waals surface area contributed by atoms with E-state index in [1.807, 2.05) is 12.1 Å². The van der Waals surface area contributed by atoms with Crippen LogP contribution in [-0.2, 0) is 6.54 Å². The molecular weight excluding hydrogens is 205 g/mol. The average molecular weight is 217 g/mol. The maximum Gasteiger partial charge on any atom is 0.130 e. The van der Waals surface area contributed by atoms with Gasteiger partial charge in [-0.1, -0.05) is 6.07 Å². The molecule has 0 aliphatic carbocycles. The normalized spacial score (nSPS) is 10.1. The van der Waals surface area contributed by atoms with Gasteiger partial charge in [-0.05, 0) is 35.9 Å². The highest BCUT2D eigenvalue weighted by molar-refractivity contribution is 5.55. The van der Waals surface area contributed by atoms with Crippen LogP contribution in [0.4, 0.5) is 15.9 Å². The summed E-state index contributed by atoms with van der Waals surface area (Å²) in [7, 11) is 0. The zero-order valence-corrected chi connectivity index (χ0v) is 8.65. The second-order valence-corrected chi connectivity index (χ2v) is 3.39. The van der Waals surface area contributed by atoms with E-state index < -0.39 is 0 Å². The summed E-state index contributed by atoms with van der Waals surface area (Å²) in [6.07, 6.45) is 1.71. The fraction of sp³-hybridized carbons (Fsp3) is 0.0833. The maximum absolute atomic E-state index is 12.7. The first-order valence-corrected chi connectivity index (χ1v) is 4.95. The average Bonchev–Trinajstić information content (AvgIpc) is 2.33. The second-order valence-electron chi connectivity index (χ2n) is 3.39. The number of halogens is 1. The minimum atomic E-state index is -0.253. The zero-order valence-electron chi connectivity index (χ0n) is 8.65. The Labute approximate surface area is 93.1 Å². The molecule has 0 amide bonds. The highest BCUT2D eigenvalue weighted by Crippen LogP contribution is 2.14. The summed E-state index contributed by atoms with van der Waals surface area (Å²) in [6.45, 7) is 0.476. The number of hydrogen-bond acceptors (Lipinski definition) is 3. The monoisotopic (exact) mass is 217 g/mol. The van der Waals surface area contributed by atoms with E-state index in [0.29, 0.717) is 12.4 Å². The molecule has 0 atom stereocenters. The molecule has 1 aromatic carbocycles. The first-order chi connectivity index (χ1) is 7.78. The van der Waals surface area contributed by atoms with Crippen LogP contribution in [0.1, 0.15) is 5.56 Å². The molecule has 0 aliphatic rings. The number of nitrogens with zero attached hydrogens (tertiary/aromatic N) is 1. The topological polar surface area (TPSA) is 50.9 Å². The Kier molecular flexibility index (Phi) is 3.12. The Morgan fingerprint density at radius 2 is 1.88 bits per heavy atom. The maximum atomic E-state index is 12.7. The Morgan fingerprint density at radius 1 is 1.12 bits per heavy atom. The molecule has 3 nitrogen and oxygen atoms in total. The molecule has 0 aliphatic heterocycles. The van der Waals surface area contributed by atoms with Gasteiger partial charge in [-0.3, -0.25) is 0 Å². The van der Waals surface area contributed by atoms with Crippen molar-refractivity contribution < 1.29 is 4.39 Å². The number of pyridine rings is 1. The highest BCUT2D eigenvalue weighted by atomic mass is 19.1. The number of hydrogen-bond donors (Lipinski definition) is 2. The van der Waals surface area contributed by atoms with Crippen LogP contribution in [0.15, 0.2) is 42.6 Å². The largest absolute Gasteiger partial charge is 0.340 e. The lowest BCUT2D eigenvalue weighted by atomic mass is 10.3. The molecule has 0 saturated heterocycles. The molecule has 82 valence electrons. The van der Waals surface area contributed by atoms with Gasteiger partial charge in [-0.25, -0.2) is 9.37 Å². The van der Waals surface area contributed by atoms with E-state index in [2.05, 4.69) is 10.3 Å². The smallest absolute Gasteiger partial charge is 0.130 e. The van der Waals surface area contributed by atoms with Gasteiger partial charge in [0.05, 0.1) is 0 Å². The van der Waals surface area contributed by atoms with Crippen molar-refractivity contribution in [3.8, 4) is 0 Å². The van der Waals surface area contributed by atoms with E-state index in [4.69, 9.17) is 5.73 Å². The third-order valence-corrected chi connectivity index (χ3v) is 2.18. The lowest BCUT2D eigenvalue weighted by Gasteiger charge is -2.05. The van der Waals surface area contributed by atoms with Crippen molar-refractivity contribution in [2.75, 3.05) is 5.32 Å². The van der Waals surface area contributed by atoms with Gasteiger partial charge in [-0.15, -0.1) is 0 Å². The minimum absolute atomic E-state index is 0.253. The van der Waals surface area contributed by atoms with Crippen LogP contribution < -0.4 is 11.1 Å². The van der Waals surface area contributed by atoms with Gasteiger partial charge < -0.3 is 11.1 Å². The molecule has 0 fully saturated rings. The molecule has 0 unspecified atom stereocenters. The van der Waals surface area contributed by atoms with E-state index >= 15 is 0 Å². The highest BCUT2D eigenvalue weighted by Gasteiger charge is 1.96. The van der Waals surface area contributed by atoms with Crippen LogP contribution in [-0.4, -0.2) is 4.98 Å². The molecule has 1 heterocycles. The van der Waals surface area contributed by atoms with Crippen molar-refractivity contribution in [2.45, 2.75) is 6.54 Å². The summed E-state index contributed by atoms with van der Waals surface area (Å²) in [5.74, 6) is 0.459. The van der Waals surface area contributed by atoms with Crippen LogP contribution in [0.2, 0.25) is 0 Å². The summed E-state index contributed by atoms with van der Waals surface area (Å²) in [4.78, 5) is 4.18. The number of nitrogens with one attached hydrogen (secondary N) is 1. The molecule has 2 rings (SSSR count). The zero-order chi connectivity index (χ0) is 11.4. The van der Waals surface area contributed by atoms with Gasteiger partial charge in [-0.2, -0.15) is 0 Å². The second kappa shape index (κ2) is 4.72. The fourth-order valence-corrected chi connectivity index (χ4v) is 1.30. The predicted octanol–water partition coefficient (Wildman–Crippen LogP) is 2.42. The van der Waals surface area contributed by atoms with Gasteiger partial charge in [0.25, 0.3) is 0 Å². The van der Waals surface area contributed by atoms with Crippen molar-refractivity contribution in [2.24, 2.45) is 5.73 Å². The third-order valence-electron chi connectivity index (χ3n) is 2.18. The third kappa shape index (κ3) is 2.55. The van der Waals surface area contributed by atoms with Crippen molar-refractivity contribution in [3.63, 3.8) is 0 Å². The Morgan fingerprint density at radius 3 is 2.44 bits per heavy atom. The molecule has 2 aromatic rings. The van der Waals surface area contributed by atoms with E-state index in [1.54, 1.807) is 18.3 Å². The molecular formula is C12H12FN3. The number of aromatic nitrogens is 1. The van der Waals surface area contributed by atoms with E-state index in [9.17, 15) is 4.39 Å². The number of benzene rings is 1. The van der Waals surface area contributed by atoms with Gasteiger partial charge in [0.2, 0.25) is 0 Å². The first-order valence-electron chi connectivity index (χ1n) is 4.95. The lowest BCUT2D eigenvalue weighted by molar-refractivity contribution is 0.628. The summed E-state index contributed by atoms with van der Waals surface area (Å²) >= 11 is 0. The quantitative estimate of drug-likeness (QED) is 0.830. The Balaban J connectivity index is 2.11. The molecule has 0 saturated carbocycles. The standard InChI is InChI=1S/C12H12FN3/c13-10-2-4-11(5-3-10)16-12-6-1-9(7-14)8-15-12/h1-6,8H,7,14H2,(H,15,16). The molecule has 0 radical (unpaired) electrons. The first kappa shape index (κ1) is 10.6.